The molecule has 0 atom stereocenters. The molecule has 2 N–H and O–H groups in total. The zero-order valence-electron chi connectivity index (χ0n) is 13.6. The summed E-state index contributed by atoms with van der Waals surface area (Å²) in [5.74, 6) is 0.146. The highest BCUT2D eigenvalue weighted by atomic mass is 16.2. The van der Waals surface area contributed by atoms with Gasteiger partial charge in [0.2, 0.25) is 5.91 Å². The molecular formula is C17H28N4O. The van der Waals surface area contributed by atoms with Crippen LogP contribution in [0.1, 0.15) is 12.0 Å². The Morgan fingerprint density at radius 1 is 1.05 bits per heavy atom. The van der Waals surface area contributed by atoms with Crippen molar-refractivity contribution in [2.24, 2.45) is 0 Å². The van der Waals surface area contributed by atoms with Crippen LogP contribution in [0.2, 0.25) is 0 Å². The van der Waals surface area contributed by atoms with E-state index in [-0.39, 0.29) is 5.91 Å². The number of amides is 1. The minimum absolute atomic E-state index is 0.146. The van der Waals surface area contributed by atoms with Crippen molar-refractivity contribution in [3.05, 3.63) is 35.9 Å². The smallest absolute Gasteiger partial charge is 0.234 e. The molecule has 1 fully saturated rings. The van der Waals surface area contributed by atoms with Gasteiger partial charge in [0.15, 0.2) is 0 Å². The van der Waals surface area contributed by atoms with E-state index in [1.165, 1.54) is 5.56 Å². The topological polar surface area (TPSA) is 47.6 Å². The Morgan fingerprint density at radius 2 is 1.73 bits per heavy atom. The standard InChI is InChI=1S/C17H28N4O/c1-18-8-5-9-19-17(22)15-21-12-10-20(11-13-21)14-16-6-3-2-4-7-16/h2-4,6-7,18H,5,8-15H2,1H3,(H,19,22). The molecule has 2 rings (SSSR count). The summed E-state index contributed by atoms with van der Waals surface area (Å²) in [6, 6.07) is 10.6. The fraction of sp³-hybridized carbons (Fsp3) is 0.588. The van der Waals surface area contributed by atoms with Crippen molar-refractivity contribution in [1.82, 2.24) is 20.4 Å². The van der Waals surface area contributed by atoms with Crippen LogP contribution < -0.4 is 10.6 Å². The molecule has 0 bridgehead atoms. The van der Waals surface area contributed by atoms with E-state index in [9.17, 15) is 4.79 Å². The third-order valence-electron chi connectivity index (χ3n) is 4.01. The number of piperazine rings is 1. The molecule has 5 nitrogen and oxygen atoms in total. The summed E-state index contributed by atoms with van der Waals surface area (Å²) in [5, 5.41) is 6.06. The molecule has 1 amide bonds. The second-order valence-corrected chi connectivity index (χ2v) is 5.84. The Hall–Kier alpha value is -1.43. The number of nitrogens with one attached hydrogen (secondary N) is 2. The molecule has 1 saturated heterocycles. The lowest BCUT2D eigenvalue weighted by atomic mass is 10.2. The number of carbonyl (C=O) groups excluding carboxylic acids is 1. The van der Waals surface area contributed by atoms with Gasteiger partial charge in [-0.1, -0.05) is 30.3 Å². The molecule has 0 saturated carbocycles. The Balaban J connectivity index is 1.61. The predicted octanol–water partition coefficient (Wildman–Crippen LogP) is 0.530. The van der Waals surface area contributed by atoms with E-state index in [4.69, 9.17) is 0 Å². The zero-order valence-corrected chi connectivity index (χ0v) is 13.6. The molecule has 1 heterocycles. The van der Waals surface area contributed by atoms with E-state index in [0.717, 1.165) is 52.2 Å². The summed E-state index contributed by atoms with van der Waals surface area (Å²) < 4.78 is 0. The van der Waals surface area contributed by atoms with Gasteiger partial charge in [-0.05, 0) is 25.6 Å². The van der Waals surface area contributed by atoms with E-state index >= 15 is 0 Å². The first-order valence-corrected chi connectivity index (χ1v) is 8.18. The molecule has 5 heteroatoms. The van der Waals surface area contributed by atoms with Gasteiger partial charge in [-0.3, -0.25) is 14.6 Å². The van der Waals surface area contributed by atoms with E-state index in [0.29, 0.717) is 6.54 Å². The summed E-state index contributed by atoms with van der Waals surface area (Å²) in [4.78, 5) is 16.6. The van der Waals surface area contributed by atoms with Gasteiger partial charge in [-0.25, -0.2) is 0 Å². The summed E-state index contributed by atoms with van der Waals surface area (Å²) in [7, 11) is 1.93. The first-order valence-electron chi connectivity index (χ1n) is 8.18. The lowest BCUT2D eigenvalue weighted by Gasteiger charge is -2.34. The SMILES string of the molecule is CNCCCNC(=O)CN1CCN(Cc2ccccc2)CC1. The number of rotatable bonds is 8. The first kappa shape index (κ1) is 16.9. The molecule has 1 aliphatic rings. The van der Waals surface area contributed by atoms with Crippen molar-refractivity contribution in [3.63, 3.8) is 0 Å². The number of hydrogen-bond acceptors (Lipinski definition) is 4. The molecule has 0 unspecified atom stereocenters. The summed E-state index contributed by atoms with van der Waals surface area (Å²) in [5.41, 5.74) is 1.36. The van der Waals surface area contributed by atoms with Crippen molar-refractivity contribution in [3.8, 4) is 0 Å². The van der Waals surface area contributed by atoms with E-state index in [1.807, 2.05) is 7.05 Å². The average molecular weight is 304 g/mol. The summed E-state index contributed by atoms with van der Waals surface area (Å²) in [6.07, 6.45) is 0.979. The monoisotopic (exact) mass is 304 g/mol. The van der Waals surface area contributed by atoms with Gasteiger partial charge < -0.3 is 10.6 Å². The highest BCUT2D eigenvalue weighted by Gasteiger charge is 2.18. The van der Waals surface area contributed by atoms with Crippen molar-refractivity contribution in [1.29, 1.82) is 0 Å². The molecule has 1 aromatic rings. The largest absolute Gasteiger partial charge is 0.355 e. The Labute approximate surface area is 133 Å². The molecule has 122 valence electrons. The van der Waals surface area contributed by atoms with Crippen LogP contribution in [-0.4, -0.2) is 68.6 Å². The molecule has 1 aliphatic heterocycles. The van der Waals surface area contributed by atoms with Crippen LogP contribution in [0.15, 0.2) is 30.3 Å². The van der Waals surface area contributed by atoms with Crippen molar-refractivity contribution in [2.75, 3.05) is 52.9 Å². The zero-order chi connectivity index (χ0) is 15.6. The number of carbonyl (C=O) groups is 1. The van der Waals surface area contributed by atoms with E-state index in [1.54, 1.807) is 0 Å². The van der Waals surface area contributed by atoms with E-state index in [2.05, 4.69) is 50.8 Å². The first-order chi connectivity index (χ1) is 10.8. The lowest BCUT2D eigenvalue weighted by molar-refractivity contribution is -0.122. The van der Waals surface area contributed by atoms with Gasteiger partial charge in [0.25, 0.3) is 0 Å². The highest BCUT2D eigenvalue weighted by molar-refractivity contribution is 5.77. The molecular weight excluding hydrogens is 276 g/mol. The van der Waals surface area contributed by atoms with Crippen molar-refractivity contribution < 1.29 is 4.79 Å². The predicted molar refractivity (Wildman–Crippen MR) is 89.7 cm³/mol. The van der Waals surface area contributed by atoms with Crippen LogP contribution in [0.4, 0.5) is 0 Å². The minimum atomic E-state index is 0.146. The number of benzene rings is 1. The lowest BCUT2D eigenvalue weighted by Crippen LogP contribution is -2.49. The Morgan fingerprint density at radius 3 is 2.41 bits per heavy atom. The van der Waals surface area contributed by atoms with Crippen LogP contribution >= 0.6 is 0 Å². The quantitative estimate of drug-likeness (QED) is 0.688. The van der Waals surface area contributed by atoms with Crippen molar-refractivity contribution in [2.45, 2.75) is 13.0 Å². The maximum absolute atomic E-state index is 11.9. The Bertz CT molecular complexity index is 430. The van der Waals surface area contributed by atoms with Crippen LogP contribution in [0.5, 0.6) is 0 Å². The fourth-order valence-corrected chi connectivity index (χ4v) is 2.70. The summed E-state index contributed by atoms with van der Waals surface area (Å²) in [6.45, 7) is 7.23. The second kappa shape index (κ2) is 9.56. The van der Waals surface area contributed by atoms with E-state index < -0.39 is 0 Å². The average Bonchev–Trinajstić information content (AvgIpc) is 2.54. The van der Waals surface area contributed by atoms with Gasteiger partial charge in [0, 0.05) is 39.3 Å². The number of nitrogens with zero attached hydrogens (tertiary/aromatic N) is 2. The van der Waals surface area contributed by atoms with Gasteiger partial charge >= 0.3 is 0 Å². The van der Waals surface area contributed by atoms with Crippen LogP contribution in [0, 0.1) is 0 Å². The number of hydrogen-bond donors (Lipinski definition) is 2. The van der Waals surface area contributed by atoms with Crippen LogP contribution in [0.25, 0.3) is 0 Å². The van der Waals surface area contributed by atoms with Crippen LogP contribution in [0.3, 0.4) is 0 Å². The van der Waals surface area contributed by atoms with Gasteiger partial charge in [-0.15, -0.1) is 0 Å². The van der Waals surface area contributed by atoms with Gasteiger partial charge in [0.1, 0.15) is 0 Å². The van der Waals surface area contributed by atoms with Gasteiger partial charge in [0.05, 0.1) is 6.54 Å². The second-order valence-electron chi connectivity index (χ2n) is 5.84. The molecule has 1 aromatic carbocycles. The molecule has 0 radical (unpaired) electrons. The highest BCUT2D eigenvalue weighted by Crippen LogP contribution is 2.08. The maximum Gasteiger partial charge on any atom is 0.234 e. The third-order valence-corrected chi connectivity index (χ3v) is 4.01. The molecule has 0 spiro atoms. The maximum atomic E-state index is 11.9. The molecule has 0 aromatic heterocycles. The molecule has 0 aliphatic carbocycles. The third kappa shape index (κ3) is 6.13. The Kier molecular flexibility index (Phi) is 7.36. The normalized spacial score (nSPS) is 16.6. The van der Waals surface area contributed by atoms with Crippen molar-refractivity contribution >= 4 is 5.91 Å². The minimum Gasteiger partial charge on any atom is -0.355 e. The van der Waals surface area contributed by atoms with Gasteiger partial charge in [-0.2, -0.15) is 0 Å². The fourth-order valence-electron chi connectivity index (χ4n) is 2.70. The summed E-state index contributed by atoms with van der Waals surface area (Å²) >= 11 is 0. The van der Waals surface area contributed by atoms with Crippen LogP contribution in [-0.2, 0) is 11.3 Å². The molecule has 22 heavy (non-hydrogen) atoms.